The molecule has 0 aromatic heterocycles. The molecule has 2 amide bonds. The first-order valence-corrected chi connectivity index (χ1v) is 15.6. The molecule has 1 N–H and O–H groups in total. The van der Waals surface area contributed by atoms with Gasteiger partial charge >= 0.3 is 0 Å². The molecule has 0 unspecified atom stereocenters. The molecule has 0 bridgehead atoms. The predicted molar refractivity (Wildman–Crippen MR) is 162 cm³/mol. The number of benzene rings is 3. The summed E-state index contributed by atoms with van der Waals surface area (Å²) in [6.07, 6.45) is 2.06. The number of nitrogens with zero attached hydrogens (tertiary/aromatic N) is 2. The van der Waals surface area contributed by atoms with E-state index in [4.69, 9.17) is 11.6 Å². The summed E-state index contributed by atoms with van der Waals surface area (Å²) in [5, 5.41) is 3.43. The Morgan fingerprint density at radius 1 is 0.950 bits per heavy atom. The van der Waals surface area contributed by atoms with Crippen molar-refractivity contribution in [1.82, 2.24) is 10.2 Å². The fourth-order valence-corrected chi connectivity index (χ4v) is 5.53. The van der Waals surface area contributed by atoms with Crippen molar-refractivity contribution in [3.8, 4) is 0 Å². The molecule has 3 aromatic carbocycles. The molecule has 0 saturated heterocycles. The third-order valence-electron chi connectivity index (χ3n) is 6.89. The summed E-state index contributed by atoms with van der Waals surface area (Å²) in [5.74, 6) is -0.782. The zero-order valence-electron chi connectivity index (χ0n) is 23.7. The van der Waals surface area contributed by atoms with Gasteiger partial charge in [-0.1, -0.05) is 84.8 Å². The summed E-state index contributed by atoms with van der Waals surface area (Å²) in [7, 11) is -3.87. The lowest BCUT2D eigenvalue weighted by atomic mass is 10.0. The van der Waals surface area contributed by atoms with E-state index in [1.54, 1.807) is 25.1 Å². The van der Waals surface area contributed by atoms with E-state index in [0.717, 1.165) is 33.7 Å². The first-order valence-electron chi connectivity index (χ1n) is 13.3. The lowest BCUT2D eigenvalue weighted by Crippen LogP contribution is -2.54. The Hall–Kier alpha value is -3.36. The largest absolute Gasteiger partial charge is 0.352 e. The summed E-state index contributed by atoms with van der Waals surface area (Å²) in [6.45, 7) is 7.22. The topological polar surface area (TPSA) is 86.8 Å². The normalized spacial score (nSPS) is 12.8. The minimum absolute atomic E-state index is 0.0941. The van der Waals surface area contributed by atoms with E-state index in [1.165, 1.54) is 4.90 Å². The van der Waals surface area contributed by atoms with Crippen molar-refractivity contribution in [1.29, 1.82) is 0 Å². The molecule has 0 aliphatic rings. The molecule has 0 aliphatic heterocycles. The van der Waals surface area contributed by atoms with Gasteiger partial charge in [0.25, 0.3) is 0 Å². The van der Waals surface area contributed by atoms with Crippen molar-refractivity contribution < 1.29 is 18.0 Å². The standard InChI is InChI=1S/C31H38ClN3O4S/c1-6-23(3)33-31(37)29(19-25-13-8-7-9-14-25)34(20-26-15-10-12-22(2)18-26)30(36)21-35(40(5,38)39)28-17-11-16-27(32)24(28)4/h7-18,23,29H,6,19-21H2,1-5H3,(H,33,37)/t23-,29+/m1/s1. The number of halogens is 1. The number of hydrogen-bond donors (Lipinski definition) is 1. The summed E-state index contributed by atoms with van der Waals surface area (Å²) in [4.78, 5) is 29.4. The van der Waals surface area contributed by atoms with Gasteiger partial charge in [-0.25, -0.2) is 8.42 Å². The molecule has 7 nitrogen and oxygen atoms in total. The van der Waals surface area contributed by atoms with Crippen LogP contribution in [0.15, 0.2) is 72.8 Å². The van der Waals surface area contributed by atoms with Gasteiger partial charge < -0.3 is 10.2 Å². The van der Waals surface area contributed by atoms with Crippen LogP contribution in [0.25, 0.3) is 0 Å². The van der Waals surface area contributed by atoms with Crippen LogP contribution in [0.5, 0.6) is 0 Å². The lowest BCUT2D eigenvalue weighted by Gasteiger charge is -2.34. The third-order valence-corrected chi connectivity index (χ3v) is 8.43. The summed E-state index contributed by atoms with van der Waals surface area (Å²) >= 11 is 6.30. The predicted octanol–water partition coefficient (Wildman–Crippen LogP) is 5.28. The maximum atomic E-state index is 14.2. The molecule has 214 valence electrons. The van der Waals surface area contributed by atoms with Crippen LogP contribution in [0, 0.1) is 13.8 Å². The van der Waals surface area contributed by atoms with Gasteiger partial charge in [-0.2, -0.15) is 0 Å². The van der Waals surface area contributed by atoms with E-state index in [2.05, 4.69) is 5.32 Å². The molecule has 3 rings (SSSR count). The summed E-state index contributed by atoms with van der Waals surface area (Å²) in [5.41, 5.74) is 3.61. The van der Waals surface area contributed by atoms with E-state index >= 15 is 0 Å². The highest BCUT2D eigenvalue weighted by Crippen LogP contribution is 2.28. The average Bonchev–Trinajstić information content (AvgIpc) is 2.90. The molecule has 0 spiro atoms. The molecule has 3 aromatic rings. The van der Waals surface area contributed by atoms with Gasteiger partial charge in [0.15, 0.2) is 0 Å². The molecule has 9 heteroatoms. The molecule has 0 saturated carbocycles. The minimum Gasteiger partial charge on any atom is -0.352 e. The Labute approximate surface area is 243 Å². The first kappa shape index (κ1) is 31.2. The number of carbonyl (C=O) groups excluding carboxylic acids is 2. The summed E-state index contributed by atoms with van der Waals surface area (Å²) < 4.78 is 27.0. The molecular formula is C31H38ClN3O4S. The number of carbonyl (C=O) groups is 2. The van der Waals surface area contributed by atoms with Crippen LogP contribution < -0.4 is 9.62 Å². The monoisotopic (exact) mass is 583 g/mol. The number of nitrogens with one attached hydrogen (secondary N) is 1. The van der Waals surface area contributed by atoms with Crippen LogP contribution in [0.2, 0.25) is 5.02 Å². The highest BCUT2D eigenvalue weighted by molar-refractivity contribution is 7.92. The molecule has 0 aliphatic carbocycles. The van der Waals surface area contributed by atoms with E-state index in [1.807, 2.05) is 75.4 Å². The first-order chi connectivity index (χ1) is 18.9. The van der Waals surface area contributed by atoms with Crippen molar-refractivity contribution in [2.75, 3.05) is 17.1 Å². The van der Waals surface area contributed by atoms with Gasteiger partial charge in [0, 0.05) is 24.0 Å². The smallest absolute Gasteiger partial charge is 0.244 e. The van der Waals surface area contributed by atoms with Crippen LogP contribution in [-0.2, 0) is 32.6 Å². The fourth-order valence-electron chi connectivity index (χ4n) is 4.46. The maximum absolute atomic E-state index is 14.2. The molecule has 0 radical (unpaired) electrons. The molecule has 0 fully saturated rings. The van der Waals surface area contributed by atoms with E-state index < -0.39 is 28.5 Å². The maximum Gasteiger partial charge on any atom is 0.244 e. The zero-order chi connectivity index (χ0) is 29.4. The van der Waals surface area contributed by atoms with Gasteiger partial charge in [0.05, 0.1) is 11.9 Å². The molecule has 0 heterocycles. The van der Waals surface area contributed by atoms with Gasteiger partial charge in [0.1, 0.15) is 12.6 Å². The fraction of sp³-hybridized carbons (Fsp3) is 0.355. The Bertz CT molecular complexity index is 1430. The quantitative estimate of drug-likeness (QED) is 0.314. The lowest BCUT2D eigenvalue weighted by molar-refractivity contribution is -0.140. The third kappa shape index (κ3) is 8.32. The van der Waals surface area contributed by atoms with Crippen molar-refractivity contribution in [2.24, 2.45) is 0 Å². The molecule has 2 atom stereocenters. The van der Waals surface area contributed by atoms with Crippen molar-refractivity contribution in [3.05, 3.63) is 100 Å². The summed E-state index contributed by atoms with van der Waals surface area (Å²) in [6, 6.07) is 21.2. The Morgan fingerprint density at radius 2 is 1.60 bits per heavy atom. The van der Waals surface area contributed by atoms with Crippen molar-refractivity contribution in [2.45, 2.75) is 59.2 Å². The van der Waals surface area contributed by atoms with Crippen molar-refractivity contribution in [3.63, 3.8) is 0 Å². The van der Waals surface area contributed by atoms with Crippen LogP contribution in [0.1, 0.15) is 42.5 Å². The van der Waals surface area contributed by atoms with Gasteiger partial charge in [0.2, 0.25) is 21.8 Å². The second kappa shape index (κ2) is 13.8. The van der Waals surface area contributed by atoms with E-state index in [0.29, 0.717) is 16.3 Å². The Morgan fingerprint density at radius 3 is 2.23 bits per heavy atom. The highest BCUT2D eigenvalue weighted by Gasteiger charge is 2.33. The second-order valence-corrected chi connectivity index (χ2v) is 12.5. The number of hydrogen-bond acceptors (Lipinski definition) is 4. The van der Waals surface area contributed by atoms with E-state index in [9.17, 15) is 18.0 Å². The second-order valence-electron chi connectivity index (χ2n) is 10.2. The van der Waals surface area contributed by atoms with Crippen LogP contribution in [0.4, 0.5) is 5.69 Å². The van der Waals surface area contributed by atoms with Gasteiger partial charge in [-0.05, 0) is 56.0 Å². The molecule has 40 heavy (non-hydrogen) atoms. The minimum atomic E-state index is -3.87. The number of sulfonamides is 1. The number of rotatable bonds is 12. The SMILES string of the molecule is CC[C@@H](C)NC(=O)[C@H](Cc1ccccc1)N(Cc1cccc(C)c1)C(=O)CN(c1cccc(Cl)c1C)S(C)(=O)=O. The van der Waals surface area contributed by atoms with Gasteiger partial charge in [-0.3, -0.25) is 13.9 Å². The molecular weight excluding hydrogens is 546 g/mol. The number of anilines is 1. The van der Waals surface area contributed by atoms with Crippen LogP contribution in [0.3, 0.4) is 0 Å². The van der Waals surface area contributed by atoms with Crippen molar-refractivity contribution >= 4 is 39.1 Å². The van der Waals surface area contributed by atoms with E-state index in [-0.39, 0.29) is 24.9 Å². The average molecular weight is 584 g/mol. The number of aryl methyl sites for hydroxylation is 1. The zero-order valence-corrected chi connectivity index (χ0v) is 25.3. The Kier molecular flexibility index (Phi) is 10.8. The highest BCUT2D eigenvalue weighted by atomic mass is 35.5. The Balaban J connectivity index is 2.09. The number of amides is 2. The van der Waals surface area contributed by atoms with Crippen LogP contribution in [-0.4, -0.2) is 50.0 Å². The van der Waals surface area contributed by atoms with Crippen LogP contribution >= 0.6 is 11.6 Å². The van der Waals surface area contributed by atoms with Gasteiger partial charge in [-0.15, -0.1) is 0 Å².